The second-order valence-electron chi connectivity index (χ2n) is 7.62. The minimum atomic E-state index is 0.332. The summed E-state index contributed by atoms with van der Waals surface area (Å²) >= 11 is 0. The Morgan fingerprint density at radius 1 is 1.04 bits per heavy atom. The second kappa shape index (κ2) is 8.33. The van der Waals surface area contributed by atoms with Gasteiger partial charge < -0.3 is 14.6 Å². The first-order valence-electron chi connectivity index (χ1n) is 9.97. The van der Waals surface area contributed by atoms with Gasteiger partial charge in [-0.2, -0.15) is 0 Å². The summed E-state index contributed by atoms with van der Waals surface area (Å²) in [6.07, 6.45) is 12.4. The van der Waals surface area contributed by atoms with Crippen LogP contribution in [0.5, 0.6) is 0 Å². The highest BCUT2D eigenvalue weighted by atomic mass is 16.5. The van der Waals surface area contributed by atoms with Crippen LogP contribution in [0.15, 0.2) is 43.0 Å². The largest absolute Gasteiger partial charge is 0.379 e. The lowest BCUT2D eigenvalue weighted by molar-refractivity contribution is -0.0369. The SMILES string of the molecule is c1cn(-c2ccc(CNCC3(N4CCOCC4)CCCCC3)cc2)cn1. The first-order valence-corrected chi connectivity index (χ1v) is 9.97. The van der Waals surface area contributed by atoms with Gasteiger partial charge in [-0.15, -0.1) is 0 Å². The van der Waals surface area contributed by atoms with E-state index in [2.05, 4.69) is 39.5 Å². The molecule has 5 heteroatoms. The van der Waals surface area contributed by atoms with Crippen LogP contribution in [0.3, 0.4) is 0 Å². The van der Waals surface area contributed by atoms with Gasteiger partial charge in [0.15, 0.2) is 0 Å². The maximum Gasteiger partial charge on any atom is 0.0991 e. The summed E-state index contributed by atoms with van der Waals surface area (Å²) in [6, 6.07) is 8.75. The number of imidazole rings is 1. The number of benzene rings is 1. The summed E-state index contributed by atoms with van der Waals surface area (Å²) in [4.78, 5) is 6.81. The van der Waals surface area contributed by atoms with Crippen LogP contribution < -0.4 is 5.32 Å². The van der Waals surface area contributed by atoms with Gasteiger partial charge >= 0.3 is 0 Å². The summed E-state index contributed by atoms with van der Waals surface area (Å²) in [7, 11) is 0. The monoisotopic (exact) mass is 354 g/mol. The molecule has 1 aliphatic carbocycles. The van der Waals surface area contributed by atoms with E-state index in [9.17, 15) is 0 Å². The fourth-order valence-electron chi connectivity index (χ4n) is 4.49. The molecule has 1 N–H and O–H groups in total. The zero-order valence-electron chi connectivity index (χ0n) is 15.6. The smallest absolute Gasteiger partial charge is 0.0991 e. The molecule has 0 unspecified atom stereocenters. The van der Waals surface area contributed by atoms with E-state index >= 15 is 0 Å². The van der Waals surface area contributed by atoms with Crippen LogP contribution in [0.4, 0.5) is 0 Å². The first kappa shape index (κ1) is 17.7. The van der Waals surface area contributed by atoms with Gasteiger partial charge in [0.25, 0.3) is 0 Å². The van der Waals surface area contributed by atoms with Crippen molar-refractivity contribution in [1.82, 2.24) is 19.8 Å². The van der Waals surface area contributed by atoms with Crippen LogP contribution in [0.1, 0.15) is 37.7 Å². The second-order valence-corrected chi connectivity index (χ2v) is 7.62. The van der Waals surface area contributed by atoms with Gasteiger partial charge in [0.05, 0.1) is 19.5 Å². The Morgan fingerprint density at radius 2 is 1.81 bits per heavy atom. The van der Waals surface area contributed by atoms with Crippen LogP contribution >= 0.6 is 0 Å². The van der Waals surface area contributed by atoms with E-state index in [1.807, 2.05) is 23.3 Å². The van der Waals surface area contributed by atoms with Crippen molar-refractivity contribution in [3.05, 3.63) is 48.5 Å². The van der Waals surface area contributed by atoms with Gasteiger partial charge in [-0.05, 0) is 30.5 Å². The molecule has 1 saturated heterocycles. The number of nitrogens with one attached hydrogen (secondary N) is 1. The van der Waals surface area contributed by atoms with E-state index in [0.717, 1.165) is 45.1 Å². The minimum Gasteiger partial charge on any atom is -0.379 e. The highest BCUT2D eigenvalue weighted by Gasteiger charge is 2.38. The van der Waals surface area contributed by atoms with Crippen molar-refractivity contribution in [3.63, 3.8) is 0 Å². The maximum atomic E-state index is 5.58. The van der Waals surface area contributed by atoms with Gasteiger partial charge in [0, 0.05) is 49.8 Å². The van der Waals surface area contributed by atoms with Crippen molar-refractivity contribution in [2.75, 3.05) is 32.8 Å². The number of nitrogens with zero attached hydrogens (tertiary/aromatic N) is 3. The average Bonchev–Trinajstić information content (AvgIpc) is 3.25. The normalized spacial score (nSPS) is 20.9. The van der Waals surface area contributed by atoms with Gasteiger partial charge in [-0.25, -0.2) is 4.98 Å². The van der Waals surface area contributed by atoms with Gasteiger partial charge in [0.1, 0.15) is 0 Å². The Morgan fingerprint density at radius 3 is 2.50 bits per heavy atom. The van der Waals surface area contributed by atoms with Crippen LogP contribution in [0.2, 0.25) is 0 Å². The third-order valence-corrected chi connectivity index (χ3v) is 5.99. The molecule has 5 nitrogen and oxygen atoms in total. The molecule has 4 rings (SSSR count). The van der Waals surface area contributed by atoms with Gasteiger partial charge in [-0.1, -0.05) is 31.4 Å². The molecule has 0 amide bonds. The average molecular weight is 354 g/mol. The summed E-state index contributed by atoms with van der Waals surface area (Å²) in [6.45, 7) is 5.95. The molecular weight excluding hydrogens is 324 g/mol. The molecule has 2 aromatic rings. The van der Waals surface area contributed by atoms with E-state index in [-0.39, 0.29) is 0 Å². The molecular formula is C21H30N4O. The Hall–Kier alpha value is -1.69. The van der Waals surface area contributed by atoms with Gasteiger partial charge in [0.2, 0.25) is 0 Å². The van der Waals surface area contributed by atoms with Crippen molar-refractivity contribution in [1.29, 1.82) is 0 Å². The number of hydrogen-bond acceptors (Lipinski definition) is 4. The summed E-state index contributed by atoms with van der Waals surface area (Å²) in [5, 5.41) is 3.76. The topological polar surface area (TPSA) is 42.3 Å². The van der Waals surface area contributed by atoms with E-state index < -0.39 is 0 Å². The molecule has 0 radical (unpaired) electrons. The zero-order valence-corrected chi connectivity index (χ0v) is 15.6. The Kier molecular flexibility index (Phi) is 5.68. The molecule has 0 spiro atoms. The molecule has 2 fully saturated rings. The van der Waals surface area contributed by atoms with Crippen LogP contribution in [-0.2, 0) is 11.3 Å². The molecule has 140 valence electrons. The molecule has 1 aromatic heterocycles. The fourth-order valence-corrected chi connectivity index (χ4v) is 4.49. The molecule has 1 aromatic carbocycles. The lowest BCUT2D eigenvalue weighted by Crippen LogP contribution is -2.59. The number of morpholine rings is 1. The Bertz CT molecular complexity index is 656. The highest BCUT2D eigenvalue weighted by Crippen LogP contribution is 2.34. The quantitative estimate of drug-likeness (QED) is 0.866. The van der Waals surface area contributed by atoms with Crippen LogP contribution in [0.25, 0.3) is 5.69 Å². The summed E-state index contributed by atoms with van der Waals surface area (Å²) in [5.41, 5.74) is 2.82. The Balaban J connectivity index is 1.35. The lowest BCUT2D eigenvalue weighted by Gasteiger charge is -2.48. The molecule has 0 bridgehead atoms. The van der Waals surface area contributed by atoms with E-state index in [4.69, 9.17) is 4.74 Å². The van der Waals surface area contributed by atoms with E-state index in [1.54, 1.807) is 0 Å². The van der Waals surface area contributed by atoms with Crippen molar-refractivity contribution in [2.24, 2.45) is 0 Å². The van der Waals surface area contributed by atoms with Crippen LogP contribution in [-0.4, -0.2) is 52.8 Å². The fraction of sp³-hybridized carbons (Fsp3) is 0.571. The third-order valence-electron chi connectivity index (χ3n) is 5.99. The number of rotatable bonds is 6. The van der Waals surface area contributed by atoms with Crippen molar-refractivity contribution in [3.8, 4) is 5.69 Å². The third kappa shape index (κ3) is 4.00. The van der Waals surface area contributed by atoms with Gasteiger partial charge in [-0.3, -0.25) is 4.90 Å². The molecule has 0 atom stereocenters. The predicted octanol–water partition coefficient (Wildman–Crippen LogP) is 3.00. The van der Waals surface area contributed by atoms with E-state index in [0.29, 0.717) is 5.54 Å². The number of ether oxygens (including phenoxy) is 1. The number of aromatic nitrogens is 2. The predicted molar refractivity (Wildman–Crippen MR) is 103 cm³/mol. The molecule has 1 aliphatic heterocycles. The standard InChI is InChI=1S/C21H30N4O/c1-2-8-21(9-3-1,25-12-14-26-15-13-25)17-23-16-19-4-6-20(7-5-19)24-11-10-22-18-24/h4-7,10-11,18,23H,1-3,8-9,12-17H2. The van der Waals surface area contributed by atoms with E-state index in [1.165, 1.54) is 37.7 Å². The first-order chi connectivity index (χ1) is 12.9. The zero-order chi connectivity index (χ0) is 17.7. The lowest BCUT2D eigenvalue weighted by atomic mass is 9.79. The molecule has 26 heavy (non-hydrogen) atoms. The highest BCUT2D eigenvalue weighted by molar-refractivity contribution is 5.34. The van der Waals surface area contributed by atoms with Crippen molar-refractivity contribution in [2.45, 2.75) is 44.2 Å². The Labute approximate surface area is 156 Å². The molecule has 2 heterocycles. The summed E-state index contributed by atoms with van der Waals surface area (Å²) < 4.78 is 7.62. The molecule has 1 saturated carbocycles. The number of hydrogen-bond donors (Lipinski definition) is 1. The van der Waals surface area contributed by atoms with Crippen molar-refractivity contribution < 1.29 is 4.74 Å². The summed E-state index contributed by atoms with van der Waals surface area (Å²) in [5.74, 6) is 0. The van der Waals surface area contributed by atoms with Crippen molar-refractivity contribution >= 4 is 0 Å². The molecule has 2 aliphatic rings. The maximum absolute atomic E-state index is 5.58. The minimum absolute atomic E-state index is 0.332. The van der Waals surface area contributed by atoms with Crippen LogP contribution in [0, 0.1) is 0 Å².